The minimum Gasteiger partial charge on any atom is -0.468 e. The van der Waals surface area contributed by atoms with Crippen LogP contribution in [0.25, 0.3) is 0 Å². The highest BCUT2D eigenvalue weighted by molar-refractivity contribution is 7.89. The lowest BCUT2D eigenvalue weighted by molar-refractivity contribution is -0.139. The summed E-state index contributed by atoms with van der Waals surface area (Å²) in [5, 5.41) is -0.135. The predicted molar refractivity (Wildman–Crippen MR) is 58.6 cm³/mol. The van der Waals surface area contributed by atoms with Crippen LogP contribution >= 0.6 is 11.6 Å². The van der Waals surface area contributed by atoms with Gasteiger partial charge in [0.2, 0.25) is 10.0 Å². The number of benzene rings is 1. The first-order chi connectivity index (χ1) is 7.86. The van der Waals surface area contributed by atoms with E-state index in [0.717, 1.165) is 25.3 Å². The minimum absolute atomic E-state index is 0.135. The molecule has 0 spiro atoms. The van der Waals surface area contributed by atoms with Crippen molar-refractivity contribution in [3.05, 3.63) is 29.0 Å². The Morgan fingerprint density at radius 1 is 1.53 bits per heavy atom. The van der Waals surface area contributed by atoms with Gasteiger partial charge in [0, 0.05) is 0 Å². The Morgan fingerprint density at radius 2 is 2.18 bits per heavy atom. The van der Waals surface area contributed by atoms with E-state index in [1.54, 1.807) is 0 Å². The van der Waals surface area contributed by atoms with Crippen LogP contribution in [0.4, 0.5) is 4.39 Å². The smallest absolute Gasteiger partial charge is 0.320 e. The molecule has 0 radical (unpaired) electrons. The molecule has 0 aliphatic carbocycles. The average Bonchev–Trinajstić information content (AvgIpc) is 2.29. The molecular weight excluding hydrogens is 273 g/mol. The molecule has 0 aliphatic rings. The number of rotatable bonds is 4. The Balaban J connectivity index is 2.97. The summed E-state index contributed by atoms with van der Waals surface area (Å²) in [7, 11) is -2.92. The normalized spacial score (nSPS) is 11.2. The molecule has 0 amide bonds. The molecule has 5 nitrogen and oxygen atoms in total. The summed E-state index contributed by atoms with van der Waals surface area (Å²) in [5.74, 6) is -1.51. The second-order valence-corrected chi connectivity index (χ2v) is 5.12. The maximum Gasteiger partial charge on any atom is 0.320 e. The van der Waals surface area contributed by atoms with Crippen LogP contribution in [0.5, 0.6) is 0 Å². The van der Waals surface area contributed by atoms with Gasteiger partial charge in [-0.3, -0.25) is 4.79 Å². The molecule has 0 atom stereocenters. The second kappa shape index (κ2) is 5.44. The molecule has 1 rings (SSSR count). The SMILES string of the molecule is COC(=O)CNS(=O)(=O)c1cc(F)ccc1Cl. The van der Waals surface area contributed by atoms with Crippen molar-refractivity contribution in [1.82, 2.24) is 4.72 Å². The number of hydrogen-bond donors (Lipinski definition) is 1. The first kappa shape index (κ1) is 13.9. The third kappa shape index (κ3) is 3.65. The molecule has 0 heterocycles. The third-order valence-electron chi connectivity index (χ3n) is 1.82. The van der Waals surface area contributed by atoms with E-state index in [4.69, 9.17) is 11.6 Å². The number of sulfonamides is 1. The monoisotopic (exact) mass is 281 g/mol. The van der Waals surface area contributed by atoms with Crippen molar-refractivity contribution in [3.63, 3.8) is 0 Å². The van der Waals surface area contributed by atoms with E-state index < -0.39 is 33.3 Å². The van der Waals surface area contributed by atoms with Gasteiger partial charge in [0.25, 0.3) is 0 Å². The van der Waals surface area contributed by atoms with Gasteiger partial charge >= 0.3 is 5.97 Å². The van der Waals surface area contributed by atoms with Gasteiger partial charge in [0.1, 0.15) is 17.3 Å². The Labute approximate surface area is 103 Å². The van der Waals surface area contributed by atoms with Gasteiger partial charge < -0.3 is 4.74 Å². The molecule has 0 unspecified atom stereocenters. The standard InChI is InChI=1S/C9H9ClFNO4S/c1-16-9(13)5-12-17(14,15)8-4-6(11)2-3-7(8)10/h2-4,12H,5H2,1H3. The second-order valence-electron chi connectivity index (χ2n) is 2.98. The number of halogens is 2. The molecule has 17 heavy (non-hydrogen) atoms. The van der Waals surface area contributed by atoms with E-state index in [0.29, 0.717) is 0 Å². The summed E-state index contributed by atoms with van der Waals surface area (Å²) >= 11 is 5.63. The van der Waals surface area contributed by atoms with Crippen molar-refractivity contribution in [2.24, 2.45) is 0 Å². The van der Waals surface area contributed by atoms with Gasteiger partial charge in [-0.1, -0.05) is 11.6 Å². The lowest BCUT2D eigenvalue weighted by Gasteiger charge is -2.07. The fourth-order valence-corrected chi connectivity index (χ4v) is 2.47. The summed E-state index contributed by atoms with van der Waals surface area (Å²) in [6.07, 6.45) is 0. The van der Waals surface area contributed by atoms with Crippen molar-refractivity contribution in [2.75, 3.05) is 13.7 Å². The van der Waals surface area contributed by atoms with E-state index >= 15 is 0 Å². The van der Waals surface area contributed by atoms with E-state index in [-0.39, 0.29) is 5.02 Å². The van der Waals surface area contributed by atoms with Crippen LogP contribution in [0, 0.1) is 5.82 Å². The number of nitrogens with one attached hydrogen (secondary N) is 1. The maximum absolute atomic E-state index is 12.9. The number of esters is 1. The summed E-state index contributed by atoms with van der Waals surface area (Å²) < 4.78 is 42.4. The third-order valence-corrected chi connectivity index (χ3v) is 3.70. The van der Waals surface area contributed by atoms with Gasteiger partial charge in [-0.2, -0.15) is 4.72 Å². The summed E-state index contributed by atoms with van der Waals surface area (Å²) in [5.41, 5.74) is 0. The molecule has 0 aromatic heterocycles. The lowest BCUT2D eigenvalue weighted by atomic mass is 10.3. The van der Waals surface area contributed by atoms with Crippen LogP contribution in [-0.4, -0.2) is 28.0 Å². The largest absolute Gasteiger partial charge is 0.468 e. The van der Waals surface area contributed by atoms with Crippen molar-refractivity contribution in [1.29, 1.82) is 0 Å². The van der Waals surface area contributed by atoms with Gasteiger partial charge in [-0.15, -0.1) is 0 Å². The molecule has 94 valence electrons. The van der Waals surface area contributed by atoms with Gasteiger partial charge in [-0.05, 0) is 18.2 Å². The van der Waals surface area contributed by atoms with E-state index in [2.05, 4.69) is 4.74 Å². The zero-order chi connectivity index (χ0) is 13.1. The topological polar surface area (TPSA) is 72.5 Å². The molecule has 8 heteroatoms. The zero-order valence-corrected chi connectivity index (χ0v) is 10.3. The van der Waals surface area contributed by atoms with Crippen LogP contribution < -0.4 is 4.72 Å². The number of carbonyl (C=O) groups is 1. The number of hydrogen-bond acceptors (Lipinski definition) is 4. The molecule has 0 fully saturated rings. The quantitative estimate of drug-likeness (QED) is 0.834. The highest BCUT2D eigenvalue weighted by Gasteiger charge is 2.19. The zero-order valence-electron chi connectivity index (χ0n) is 8.74. The van der Waals surface area contributed by atoms with Crippen LogP contribution in [0.2, 0.25) is 5.02 Å². The number of ether oxygens (including phenoxy) is 1. The molecule has 0 saturated carbocycles. The minimum atomic E-state index is -4.04. The summed E-state index contributed by atoms with van der Waals surface area (Å²) in [4.78, 5) is 10.4. The first-order valence-corrected chi connectivity index (χ1v) is 6.24. The van der Waals surface area contributed by atoms with Gasteiger partial charge in [0.05, 0.1) is 12.1 Å². The van der Waals surface area contributed by atoms with Crippen LogP contribution in [-0.2, 0) is 19.6 Å². The molecule has 0 saturated heterocycles. The highest BCUT2D eigenvalue weighted by Crippen LogP contribution is 2.21. The molecule has 1 aromatic rings. The number of carbonyl (C=O) groups excluding carboxylic acids is 1. The number of methoxy groups -OCH3 is 1. The molecule has 1 N–H and O–H groups in total. The summed E-state index contributed by atoms with van der Waals surface area (Å²) in [6, 6.07) is 2.91. The van der Waals surface area contributed by atoms with Crippen molar-refractivity contribution >= 4 is 27.6 Å². The van der Waals surface area contributed by atoms with Crippen LogP contribution in [0.3, 0.4) is 0 Å². The Morgan fingerprint density at radius 3 is 2.76 bits per heavy atom. The fraction of sp³-hybridized carbons (Fsp3) is 0.222. The van der Waals surface area contributed by atoms with Gasteiger partial charge in [-0.25, -0.2) is 12.8 Å². The van der Waals surface area contributed by atoms with Crippen LogP contribution in [0.1, 0.15) is 0 Å². The van der Waals surface area contributed by atoms with Gasteiger partial charge in [0.15, 0.2) is 0 Å². The van der Waals surface area contributed by atoms with Crippen molar-refractivity contribution in [2.45, 2.75) is 4.90 Å². The van der Waals surface area contributed by atoms with Crippen molar-refractivity contribution < 1.29 is 22.3 Å². The molecule has 0 bridgehead atoms. The van der Waals surface area contributed by atoms with E-state index in [9.17, 15) is 17.6 Å². The van der Waals surface area contributed by atoms with E-state index in [1.165, 1.54) is 0 Å². The Hall–Kier alpha value is -1.18. The van der Waals surface area contributed by atoms with E-state index in [1.807, 2.05) is 4.72 Å². The lowest BCUT2D eigenvalue weighted by Crippen LogP contribution is -2.30. The Bertz CT molecular complexity index is 532. The Kier molecular flexibility index (Phi) is 4.44. The average molecular weight is 282 g/mol. The van der Waals surface area contributed by atoms with Crippen LogP contribution in [0.15, 0.2) is 23.1 Å². The molecular formula is C9H9ClFNO4S. The van der Waals surface area contributed by atoms with Crippen molar-refractivity contribution in [3.8, 4) is 0 Å². The molecule has 1 aromatic carbocycles. The molecule has 0 aliphatic heterocycles. The maximum atomic E-state index is 12.9. The highest BCUT2D eigenvalue weighted by atomic mass is 35.5. The predicted octanol–water partition coefficient (Wildman–Crippen LogP) is 0.930. The summed E-state index contributed by atoms with van der Waals surface area (Å²) in [6.45, 7) is -0.550. The first-order valence-electron chi connectivity index (χ1n) is 4.38. The fourth-order valence-electron chi connectivity index (χ4n) is 0.987.